The van der Waals surface area contributed by atoms with E-state index in [9.17, 15) is 4.79 Å². The Morgan fingerprint density at radius 1 is 1.37 bits per heavy atom. The number of methoxy groups -OCH3 is 1. The van der Waals surface area contributed by atoms with E-state index in [0.717, 1.165) is 5.56 Å². The van der Waals surface area contributed by atoms with Gasteiger partial charge >= 0.3 is 0 Å². The number of hydrogen-bond donors (Lipinski definition) is 2. The van der Waals surface area contributed by atoms with E-state index in [0.29, 0.717) is 23.7 Å². The molecule has 0 atom stereocenters. The Balaban J connectivity index is 2.11. The summed E-state index contributed by atoms with van der Waals surface area (Å²) in [5.74, 6) is 0.899. The Hall–Kier alpha value is -2.40. The van der Waals surface area contributed by atoms with E-state index in [1.165, 1.54) is 0 Å². The van der Waals surface area contributed by atoms with Crippen molar-refractivity contribution >= 4 is 11.7 Å². The summed E-state index contributed by atoms with van der Waals surface area (Å²) >= 11 is 0. The van der Waals surface area contributed by atoms with Crippen LogP contribution in [0.2, 0.25) is 0 Å². The lowest BCUT2D eigenvalue weighted by atomic mass is 10.2. The summed E-state index contributed by atoms with van der Waals surface area (Å²) in [5.41, 5.74) is 6.92. The molecule has 0 fully saturated rings. The largest absolute Gasteiger partial charge is 0.497 e. The highest BCUT2D eigenvalue weighted by Crippen LogP contribution is 2.14. The molecule has 0 spiro atoms. The minimum Gasteiger partial charge on any atom is -0.497 e. The van der Waals surface area contributed by atoms with Crippen LogP contribution in [-0.2, 0) is 6.54 Å². The number of aromatic nitrogens is 1. The maximum absolute atomic E-state index is 12.0. The summed E-state index contributed by atoms with van der Waals surface area (Å²) in [6.07, 6.45) is 1.64. The number of benzene rings is 1. The molecule has 0 saturated carbocycles. The number of amides is 1. The van der Waals surface area contributed by atoms with Crippen molar-refractivity contribution in [2.75, 3.05) is 12.4 Å². The van der Waals surface area contributed by atoms with Gasteiger partial charge in [0.2, 0.25) is 0 Å². The normalized spacial score (nSPS) is 10.0. The molecule has 0 bridgehead atoms. The van der Waals surface area contributed by atoms with Crippen molar-refractivity contribution in [2.24, 2.45) is 5.73 Å². The highest BCUT2D eigenvalue weighted by molar-refractivity contribution is 6.03. The molecule has 0 aliphatic rings. The molecule has 0 aliphatic heterocycles. The lowest BCUT2D eigenvalue weighted by Gasteiger charge is -2.06. The van der Waals surface area contributed by atoms with Crippen LogP contribution in [0.25, 0.3) is 0 Å². The van der Waals surface area contributed by atoms with Gasteiger partial charge in [-0.2, -0.15) is 0 Å². The van der Waals surface area contributed by atoms with Gasteiger partial charge in [0.15, 0.2) is 0 Å². The summed E-state index contributed by atoms with van der Waals surface area (Å²) < 4.78 is 5.08. The van der Waals surface area contributed by atoms with Crippen molar-refractivity contribution in [1.82, 2.24) is 4.98 Å². The van der Waals surface area contributed by atoms with E-state index in [1.807, 2.05) is 6.07 Å². The zero-order valence-corrected chi connectivity index (χ0v) is 10.6. The standard InChI is InChI=1S/C14H15N3O2/c1-19-12-4-2-3-11(7-12)14(18)17-13-6-5-10(8-15)9-16-13/h2-7,9H,8,15H2,1H3,(H,16,17,18). The molecule has 1 heterocycles. The molecule has 0 radical (unpaired) electrons. The molecule has 19 heavy (non-hydrogen) atoms. The van der Waals surface area contributed by atoms with Crippen molar-refractivity contribution < 1.29 is 9.53 Å². The first kappa shape index (κ1) is 13.0. The average Bonchev–Trinajstić information content (AvgIpc) is 2.48. The fraction of sp³-hybridized carbons (Fsp3) is 0.143. The van der Waals surface area contributed by atoms with Gasteiger partial charge in [0.25, 0.3) is 5.91 Å². The first-order valence-corrected chi connectivity index (χ1v) is 5.83. The lowest BCUT2D eigenvalue weighted by molar-refractivity contribution is 0.102. The predicted molar refractivity (Wildman–Crippen MR) is 73.1 cm³/mol. The fourth-order valence-corrected chi connectivity index (χ4v) is 1.57. The molecule has 2 rings (SSSR count). The maximum atomic E-state index is 12.0. The van der Waals surface area contributed by atoms with E-state index >= 15 is 0 Å². The fourth-order valence-electron chi connectivity index (χ4n) is 1.57. The van der Waals surface area contributed by atoms with Crippen LogP contribution >= 0.6 is 0 Å². The van der Waals surface area contributed by atoms with Gasteiger partial charge in [-0.05, 0) is 29.8 Å². The first-order valence-electron chi connectivity index (χ1n) is 5.83. The molecule has 0 saturated heterocycles. The summed E-state index contributed by atoms with van der Waals surface area (Å²) in [6, 6.07) is 10.5. The quantitative estimate of drug-likeness (QED) is 0.875. The smallest absolute Gasteiger partial charge is 0.256 e. The third kappa shape index (κ3) is 3.29. The third-order valence-electron chi connectivity index (χ3n) is 2.63. The molecular formula is C14H15N3O2. The summed E-state index contributed by atoms with van der Waals surface area (Å²) in [5, 5.41) is 2.71. The molecule has 1 aromatic heterocycles. The minimum absolute atomic E-state index is 0.230. The number of pyridine rings is 1. The molecule has 5 nitrogen and oxygen atoms in total. The third-order valence-corrected chi connectivity index (χ3v) is 2.63. The van der Waals surface area contributed by atoms with Crippen LogP contribution in [-0.4, -0.2) is 18.0 Å². The van der Waals surface area contributed by atoms with Gasteiger partial charge in [0.1, 0.15) is 11.6 Å². The first-order chi connectivity index (χ1) is 9.22. The highest BCUT2D eigenvalue weighted by Gasteiger charge is 2.07. The van der Waals surface area contributed by atoms with E-state index in [-0.39, 0.29) is 5.91 Å². The number of anilines is 1. The molecular weight excluding hydrogens is 242 g/mol. The molecule has 3 N–H and O–H groups in total. The topological polar surface area (TPSA) is 77.2 Å². The molecule has 2 aromatic rings. The van der Waals surface area contributed by atoms with Crippen molar-refractivity contribution in [3.8, 4) is 5.75 Å². The highest BCUT2D eigenvalue weighted by atomic mass is 16.5. The number of carbonyl (C=O) groups excluding carboxylic acids is 1. The maximum Gasteiger partial charge on any atom is 0.256 e. The Morgan fingerprint density at radius 3 is 2.84 bits per heavy atom. The van der Waals surface area contributed by atoms with Gasteiger partial charge in [-0.3, -0.25) is 4.79 Å². The second-order valence-electron chi connectivity index (χ2n) is 3.94. The molecule has 1 amide bonds. The molecule has 1 aromatic carbocycles. The van der Waals surface area contributed by atoms with Crippen LogP contribution in [0.4, 0.5) is 5.82 Å². The number of rotatable bonds is 4. The average molecular weight is 257 g/mol. The van der Waals surface area contributed by atoms with Gasteiger partial charge in [-0.1, -0.05) is 12.1 Å². The SMILES string of the molecule is COc1cccc(C(=O)Nc2ccc(CN)cn2)c1. The molecule has 0 aliphatic carbocycles. The number of nitrogens with two attached hydrogens (primary N) is 1. The number of hydrogen-bond acceptors (Lipinski definition) is 4. The Labute approximate surface area is 111 Å². The van der Waals surface area contributed by atoms with Crippen molar-refractivity contribution in [2.45, 2.75) is 6.54 Å². The Kier molecular flexibility index (Phi) is 4.10. The predicted octanol–water partition coefficient (Wildman–Crippen LogP) is 1.80. The monoisotopic (exact) mass is 257 g/mol. The van der Waals surface area contributed by atoms with Gasteiger partial charge in [0, 0.05) is 18.3 Å². The number of nitrogens with one attached hydrogen (secondary N) is 1. The van der Waals surface area contributed by atoms with Gasteiger partial charge < -0.3 is 15.8 Å². The van der Waals surface area contributed by atoms with E-state index in [4.69, 9.17) is 10.5 Å². The van der Waals surface area contributed by atoms with Gasteiger partial charge in [0.05, 0.1) is 7.11 Å². The Morgan fingerprint density at radius 2 is 2.21 bits per heavy atom. The molecule has 0 unspecified atom stereocenters. The second-order valence-corrected chi connectivity index (χ2v) is 3.94. The number of ether oxygens (including phenoxy) is 1. The number of carbonyl (C=O) groups is 1. The van der Waals surface area contributed by atoms with Crippen LogP contribution in [0, 0.1) is 0 Å². The van der Waals surface area contributed by atoms with Gasteiger partial charge in [-0.25, -0.2) is 4.98 Å². The van der Waals surface area contributed by atoms with E-state index < -0.39 is 0 Å². The minimum atomic E-state index is -0.230. The summed E-state index contributed by atoms with van der Waals surface area (Å²) in [4.78, 5) is 16.1. The van der Waals surface area contributed by atoms with Crippen LogP contribution < -0.4 is 15.8 Å². The molecule has 98 valence electrons. The Bertz CT molecular complexity index is 567. The van der Waals surface area contributed by atoms with Crippen LogP contribution in [0.1, 0.15) is 15.9 Å². The zero-order valence-electron chi connectivity index (χ0n) is 10.6. The van der Waals surface area contributed by atoms with Crippen molar-refractivity contribution in [3.05, 3.63) is 53.7 Å². The summed E-state index contributed by atoms with van der Waals surface area (Å²) in [6.45, 7) is 0.428. The van der Waals surface area contributed by atoms with Crippen LogP contribution in [0.3, 0.4) is 0 Å². The zero-order chi connectivity index (χ0) is 13.7. The lowest BCUT2D eigenvalue weighted by Crippen LogP contribution is -2.13. The summed E-state index contributed by atoms with van der Waals surface area (Å²) in [7, 11) is 1.56. The molecule has 5 heteroatoms. The number of nitrogens with zero attached hydrogens (tertiary/aromatic N) is 1. The van der Waals surface area contributed by atoms with Crippen LogP contribution in [0.15, 0.2) is 42.6 Å². The van der Waals surface area contributed by atoms with Gasteiger partial charge in [-0.15, -0.1) is 0 Å². The van der Waals surface area contributed by atoms with Crippen molar-refractivity contribution in [3.63, 3.8) is 0 Å². The van der Waals surface area contributed by atoms with E-state index in [2.05, 4.69) is 10.3 Å². The van der Waals surface area contributed by atoms with E-state index in [1.54, 1.807) is 43.6 Å². The van der Waals surface area contributed by atoms with Crippen LogP contribution in [0.5, 0.6) is 5.75 Å². The van der Waals surface area contributed by atoms with Crippen molar-refractivity contribution in [1.29, 1.82) is 0 Å². The second kappa shape index (κ2) is 5.97.